The number of ether oxygens (including phenoxy) is 1. The van der Waals surface area contributed by atoms with Crippen LogP contribution < -0.4 is 5.32 Å². The Morgan fingerprint density at radius 2 is 2.19 bits per heavy atom. The highest BCUT2D eigenvalue weighted by molar-refractivity contribution is 5.95. The van der Waals surface area contributed by atoms with Crippen molar-refractivity contribution in [1.29, 1.82) is 0 Å². The van der Waals surface area contributed by atoms with Crippen molar-refractivity contribution >= 4 is 22.6 Å². The van der Waals surface area contributed by atoms with Gasteiger partial charge in [-0.1, -0.05) is 0 Å². The summed E-state index contributed by atoms with van der Waals surface area (Å²) in [6.45, 7) is 1.68. The number of nitrogens with zero attached hydrogens (tertiary/aromatic N) is 2. The third kappa shape index (κ3) is 2.01. The molecule has 16 heavy (non-hydrogen) atoms. The van der Waals surface area contributed by atoms with Gasteiger partial charge in [0.1, 0.15) is 17.1 Å². The summed E-state index contributed by atoms with van der Waals surface area (Å²) < 4.78 is 4.91. The lowest BCUT2D eigenvalue weighted by atomic mass is 10.2. The minimum Gasteiger partial charge on any atom is -0.372 e. The van der Waals surface area contributed by atoms with Gasteiger partial charge in [0, 0.05) is 12.8 Å². The lowest BCUT2D eigenvalue weighted by Gasteiger charge is -2.09. The Morgan fingerprint density at radius 3 is 2.94 bits per heavy atom. The molecule has 0 fully saturated rings. The maximum atomic E-state index is 11.5. The van der Waals surface area contributed by atoms with Crippen LogP contribution in [0.15, 0.2) is 18.2 Å². The van der Waals surface area contributed by atoms with E-state index in [2.05, 4.69) is 20.7 Å². The highest BCUT2D eigenvalue weighted by Crippen LogP contribution is 2.15. The molecule has 6 nitrogen and oxygen atoms in total. The van der Waals surface area contributed by atoms with E-state index in [1.807, 2.05) is 0 Å². The van der Waals surface area contributed by atoms with E-state index in [0.29, 0.717) is 11.2 Å². The molecule has 0 aliphatic heterocycles. The molecule has 1 amide bonds. The van der Waals surface area contributed by atoms with Crippen molar-refractivity contribution in [3.8, 4) is 0 Å². The molecule has 1 unspecified atom stereocenters. The van der Waals surface area contributed by atoms with E-state index in [0.717, 1.165) is 5.52 Å². The fourth-order valence-electron chi connectivity index (χ4n) is 1.27. The lowest BCUT2D eigenvalue weighted by molar-refractivity contribution is -0.124. The van der Waals surface area contributed by atoms with Gasteiger partial charge in [-0.2, -0.15) is 15.4 Å². The van der Waals surface area contributed by atoms with E-state index in [1.54, 1.807) is 25.1 Å². The number of anilines is 1. The molecule has 0 saturated heterocycles. The average molecular weight is 220 g/mol. The molecule has 0 aliphatic rings. The van der Waals surface area contributed by atoms with Crippen LogP contribution in [0.25, 0.3) is 11.0 Å². The highest BCUT2D eigenvalue weighted by Gasteiger charge is 2.11. The molecule has 0 aliphatic carbocycles. The second kappa shape index (κ2) is 4.28. The molecule has 0 saturated carbocycles. The molecule has 2 N–H and O–H groups in total. The lowest BCUT2D eigenvalue weighted by Crippen LogP contribution is -2.26. The standard InChI is InChI=1S/C10H12N4O2/c1-6(16-2)10(15)11-7-3-4-8-9(5-7)13-14-12-8/h3-6H,1-2H3,(H,11,15)(H,12,13,14). The maximum absolute atomic E-state index is 11.5. The number of rotatable bonds is 3. The number of benzene rings is 1. The van der Waals surface area contributed by atoms with Crippen LogP contribution in [0.4, 0.5) is 5.69 Å². The molecule has 84 valence electrons. The zero-order chi connectivity index (χ0) is 11.5. The minimum absolute atomic E-state index is 0.189. The summed E-state index contributed by atoms with van der Waals surface area (Å²) >= 11 is 0. The number of fused-ring (bicyclic) bond motifs is 1. The second-order valence-electron chi connectivity index (χ2n) is 3.39. The maximum Gasteiger partial charge on any atom is 0.253 e. The molecular formula is C10H12N4O2. The summed E-state index contributed by atoms with van der Waals surface area (Å²) in [5, 5.41) is 13.1. The predicted molar refractivity (Wildman–Crippen MR) is 59.0 cm³/mol. The Balaban J connectivity index is 2.17. The van der Waals surface area contributed by atoms with Gasteiger partial charge in [0.05, 0.1) is 0 Å². The number of nitrogens with one attached hydrogen (secondary N) is 2. The molecule has 1 heterocycles. The van der Waals surface area contributed by atoms with Gasteiger partial charge < -0.3 is 10.1 Å². The molecular weight excluding hydrogens is 208 g/mol. The van der Waals surface area contributed by atoms with E-state index >= 15 is 0 Å². The molecule has 1 aromatic heterocycles. The SMILES string of the molecule is COC(C)C(=O)Nc1ccc2n[nH]nc2c1. The molecule has 6 heteroatoms. The van der Waals surface area contributed by atoms with Crippen LogP contribution in [0.5, 0.6) is 0 Å². The Labute approximate surface area is 92.0 Å². The fourth-order valence-corrected chi connectivity index (χ4v) is 1.27. The van der Waals surface area contributed by atoms with E-state index in [4.69, 9.17) is 4.74 Å². The first-order chi connectivity index (χ1) is 7.70. The van der Waals surface area contributed by atoms with E-state index < -0.39 is 6.10 Å². The van der Waals surface area contributed by atoms with Gasteiger partial charge >= 0.3 is 0 Å². The molecule has 1 aromatic carbocycles. The average Bonchev–Trinajstić information content (AvgIpc) is 2.75. The highest BCUT2D eigenvalue weighted by atomic mass is 16.5. The number of methoxy groups -OCH3 is 1. The van der Waals surface area contributed by atoms with Crippen molar-refractivity contribution in [2.45, 2.75) is 13.0 Å². The van der Waals surface area contributed by atoms with Crippen LogP contribution in [0.1, 0.15) is 6.92 Å². The predicted octanol–water partition coefficient (Wildman–Crippen LogP) is 0.931. The third-order valence-corrected chi connectivity index (χ3v) is 2.31. The van der Waals surface area contributed by atoms with Crippen molar-refractivity contribution in [2.75, 3.05) is 12.4 Å². The second-order valence-corrected chi connectivity index (χ2v) is 3.39. The summed E-state index contributed by atoms with van der Waals surface area (Å²) in [5.74, 6) is -0.189. The Hall–Kier alpha value is -1.95. The first-order valence-electron chi connectivity index (χ1n) is 4.85. The normalized spacial score (nSPS) is 12.6. The molecule has 0 bridgehead atoms. The third-order valence-electron chi connectivity index (χ3n) is 2.31. The van der Waals surface area contributed by atoms with E-state index in [1.165, 1.54) is 7.11 Å². The summed E-state index contributed by atoms with van der Waals surface area (Å²) in [6.07, 6.45) is -0.479. The van der Waals surface area contributed by atoms with Crippen molar-refractivity contribution in [2.24, 2.45) is 0 Å². The summed E-state index contributed by atoms with van der Waals surface area (Å²) in [4.78, 5) is 11.5. The van der Waals surface area contributed by atoms with Crippen LogP contribution in [0.2, 0.25) is 0 Å². The fraction of sp³-hybridized carbons (Fsp3) is 0.300. The monoisotopic (exact) mass is 220 g/mol. The molecule has 1 atom stereocenters. The van der Waals surface area contributed by atoms with Gasteiger partial charge in [0.2, 0.25) is 0 Å². The van der Waals surface area contributed by atoms with Gasteiger partial charge in [0.25, 0.3) is 5.91 Å². The Bertz CT molecular complexity index is 508. The number of aromatic amines is 1. The number of amides is 1. The zero-order valence-corrected chi connectivity index (χ0v) is 9.02. The van der Waals surface area contributed by atoms with Crippen molar-refractivity contribution in [3.05, 3.63) is 18.2 Å². The van der Waals surface area contributed by atoms with Gasteiger partial charge in [-0.25, -0.2) is 0 Å². The van der Waals surface area contributed by atoms with E-state index in [-0.39, 0.29) is 5.91 Å². The van der Waals surface area contributed by atoms with Crippen molar-refractivity contribution in [1.82, 2.24) is 15.4 Å². The number of H-pyrrole nitrogens is 1. The molecule has 0 spiro atoms. The zero-order valence-electron chi connectivity index (χ0n) is 9.02. The summed E-state index contributed by atoms with van der Waals surface area (Å²) in [7, 11) is 1.49. The number of carbonyl (C=O) groups excluding carboxylic acids is 1. The number of carbonyl (C=O) groups is 1. The Morgan fingerprint density at radius 1 is 1.44 bits per heavy atom. The van der Waals surface area contributed by atoms with Crippen molar-refractivity contribution in [3.63, 3.8) is 0 Å². The molecule has 2 aromatic rings. The summed E-state index contributed by atoms with van der Waals surface area (Å²) in [5.41, 5.74) is 2.15. The molecule has 0 radical (unpaired) electrons. The van der Waals surface area contributed by atoms with Gasteiger partial charge in [-0.15, -0.1) is 0 Å². The van der Waals surface area contributed by atoms with Crippen molar-refractivity contribution < 1.29 is 9.53 Å². The summed E-state index contributed by atoms with van der Waals surface area (Å²) in [6, 6.07) is 5.30. The first kappa shape index (κ1) is 10.6. The van der Waals surface area contributed by atoms with Crippen LogP contribution >= 0.6 is 0 Å². The largest absolute Gasteiger partial charge is 0.372 e. The Kier molecular flexibility index (Phi) is 2.82. The number of aromatic nitrogens is 3. The first-order valence-corrected chi connectivity index (χ1v) is 4.85. The van der Waals surface area contributed by atoms with Gasteiger partial charge in [-0.05, 0) is 25.1 Å². The number of hydrogen-bond acceptors (Lipinski definition) is 4. The quantitative estimate of drug-likeness (QED) is 0.806. The number of hydrogen-bond donors (Lipinski definition) is 2. The molecule has 2 rings (SSSR count). The smallest absolute Gasteiger partial charge is 0.253 e. The van der Waals surface area contributed by atoms with Crippen LogP contribution in [0, 0.1) is 0 Å². The van der Waals surface area contributed by atoms with Gasteiger partial charge in [0.15, 0.2) is 0 Å². The van der Waals surface area contributed by atoms with Crippen LogP contribution in [-0.4, -0.2) is 34.5 Å². The van der Waals surface area contributed by atoms with E-state index in [9.17, 15) is 4.79 Å². The van der Waals surface area contributed by atoms with Gasteiger partial charge in [-0.3, -0.25) is 4.79 Å². The van der Waals surface area contributed by atoms with Crippen LogP contribution in [-0.2, 0) is 9.53 Å². The topological polar surface area (TPSA) is 79.9 Å². The van der Waals surface area contributed by atoms with Crippen LogP contribution in [0.3, 0.4) is 0 Å². The minimum atomic E-state index is -0.479.